The van der Waals surface area contributed by atoms with Crippen molar-refractivity contribution in [2.24, 2.45) is 0 Å². The summed E-state index contributed by atoms with van der Waals surface area (Å²) >= 11 is 0. The average Bonchev–Trinajstić information content (AvgIpc) is 3.32. The summed E-state index contributed by atoms with van der Waals surface area (Å²) in [4.78, 5) is 22.9. The number of nitrogens with zero attached hydrogens (tertiary/aromatic N) is 4. The zero-order chi connectivity index (χ0) is 26.1. The Morgan fingerprint density at radius 2 is 1.84 bits per heavy atom. The molecule has 1 aliphatic heterocycles. The summed E-state index contributed by atoms with van der Waals surface area (Å²) in [6.07, 6.45) is 1.82. The molecule has 1 amide bonds. The fourth-order valence-corrected chi connectivity index (χ4v) is 4.28. The maximum Gasteiger partial charge on any atom is 0.231 e. The Bertz CT molecular complexity index is 1560. The third-order valence-corrected chi connectivity index (χ3v) is 6.01. The minimum absolute atomic E-state index is 0.000578. The van der Waals surface area contributed by atoms with Gasteiger partial charge in [-0.3, -0.25) is 4.79 Å². The van der Waals surface area contributed by atoms with Crippen molar-refractivity contribution in [2.75, 3.05) is 16.8 Å². The number of nitrogens with one attached hydrogen (secondary N) is 1. The van der Waals surface area contributed by atoms with E-state index in [2.05, 4.69) is 21.4 Å². The average molecular weight is 501 g/mol. The molecule has 0 atom stereocenters. The van der Waals surface area contributed by atoms with Crippen LogP contribution in [0.5, 0.6) is 5.75 Å². The number of aromatic nitrogens is 2. The van der Waals surface area contributed by atoms with E-state index in [1.807, 2.05) is 6.07 Å². The Hall–Kier alpha value is -4.91. The molecule has 4 aromatic rings. The van der Waals surface area contributed by atoms with Gasteiger partial charge in [-0.05, 0) is 41.8 Å². The van der Waals surface area contributed by atoms with Crippen molar-refractivity contribution >= 4 is 23.2 Å². The number of phenolic OH excluding ortho intramolecular Hbond substituents is 1. The van der Waals surface area contributed by atoms with Crippen molar-refractivity contribution < 1.29 is 23.1 Å². The minimum Gasteiger partial charge on any atom is -0.503 e. The minimum atomic E-state index is -1.13. The highest BCUT2D eigenvalue weighted by atomic mass is 19.1. The number of rotatable bonds is 5. The second kappa shape index (κ2) is 9.62. The molecule has 0 saturated carbocycles. The van der Waals surface area contributed by atoms with Crippen LogP contribution in [0.2, 0.25) is 0 Å². The monoisotopic (exact) mass is 501 g/mol. The largest absolute Gasteiger partial charge is 0.503 e. The molecule has 2 heterocycles. The fourth-order valence-electron chi connectivity index (χ4n) is 4.28. The van der Waals surface area contributed by atoms with Gasteiger partial charge in [-0.1, -0.05) is 18.2 Å². The van der Waals surface area contributed by atoms with Crippen molar-refractivity contribution in [3.63, 3.8) is 0 Å². The quantitative estimate of drug-likeness (QED) is 0.373. The molecule has 2 N–H and O–H groups in total. The molecule has 0 spiro atoms. The van der Waals surface area contributed by atoms with E-state index in [4.69, 9.17) is 0 Å². The Balaban J connectivity index is 1.43. The Kier molecular flexibility index (Phi) is 6.19. The number of carbonyl (C=O) groups is 1. The molecule has 0 fully saturated rings. The van der Waals surface area contributed by atoms with Crippen LogP contribution in [0.25, 0.3) is 11.3 Å². The lowest BCUT2D eigenvalue weighted by Gasteiger charge is -2.19. The molecule has 0 bridgehead atoms. The predicted molar refractivity (Wildman–Crippen MR) is 130 cm³/mol. The highest BCUT2D eigenvalue weighted by Crippen LogP contribution is 2.36. The summed E-state index contributed by atoms with van der Waals surface area (Å²) in [6, 6.07) is 15.1. The first kappa shape index (κ1) is 23.8. The summed E-state index contributed by atoms with van der Waals surface area (Å²) in [5.74, 6) is -4.08. The number of carbonyl (C=O) groups excluding carboxylic acids is 1. The van der Waals surface area contributed by atoms with Crippen LogP contribution in [-0.4, -0.2) is 27.5 Å². The van der Waals surface area contributed by atoms with Crippen molar-refractivity contribution in [3.05, 3.63) is 94.9 Å². The summed E-state index contributed by atoms with van der Waals surface area (Å²) < 4.78 is 41.4. The molecule has 0 saturated heterocycles. The van der Waals surface area contributed by atoms with E-state index in [0.29, 0.717) is 29.9 Å². The standard InChI is InChI=1S/C27H18F3N5O2/c28-20-4-2-1-3-15(20)11-24(36)35-8-6-16-9-17(10-18(14-31)25(16)35)23-5-7-32-27(34-23)33-19-12-21(29)26(37)22(30)13-19/h1-5,7,9-10,12-13,37H,6,8,11H2,(H,32,33,34). The van der Waals surface area contributed by atoms with Gasteiger partial charge in [0, 0.05) is 36.1 Å². The summed E-state index contributed by atoms with van der Waals surface area (Å²) in [7, 11) is 0. The van der Waals surface area contributed by atoms with Gasteiger partial charge < -0.3 is 15.3 Å². The molecule has 3 aromatic carbocycles. The van der Waals surface area contributed by atoms with Crippen molar-refractivity contribution in [3.8, 4) is 23.1 Å². The summed E-state index contributed by atoms with van der Waals surface area (Å²) in [6.45, 7) is 0.356. The Labute approximate surface area is 209 Å². The highest BCUT2D eigenvalue weighted by molar-refractivity contribution is 5.98. The molecule has 7 nitrogen and oxygen atoms in total. The van der Waals surface area contributed by atoms with Crippen LogP contribution in [0.15, 0.2) is 60.8 Å². The molecule has 0 radical (unpaired) electrons. The van der Waals surface area contributed by atoms with Gasteiger partial charge in [0.05, 0.1) is 23.4 Å². The van der Waals surface area contributed by atoms with Crippen molar-refractivity contribution in [1.29, 1.82) is 5.26 Å². The van der Waals surface area contributed by atoms with E-state index in [9.17, 15) is 28.3 Å². The molecule has 0 aliphatic carbocycles. The molecule has 0 unspecified atom stereocenters. The number of halogens is 3. The van der Waals surface area contributed by atoms with Gasteiger partial charge in [-0.25, -0.2) is 23.1 Å². The lowest BCUT2D eigenvalue weighted by Crippen LogP contribution is -2.31. The maximum absolute atomic E-state index is 14.1. The van der Waals surface area contributed by atoms with Gasteiger partial charge >= 0.3 is 0 Å². The highest BCUT2D eigenvalue weighted by Gasteiger charge is 2.29. The van der Waals surface area contributed by atoms with Crippen molar-refractivity contribution in [1.82, 2.24) is 9.97 Å². The number of amides is 1. The van der Waals surface area contributed by atoms with E-state index in [1.54, 1.807) is 30.3 Å². The van der Waals surface area contributed by atoms with Crippen molar-refractivity contribution in [2.45, 2.75) is 12.8 Å². The van der Waals surface area contributed by atoms with Crippen LogP contribution in [0, 0.1) is 28.8 Å². The first-order valence-corrected chi connectivity index (χ1v) is 11.2. The summed E-state index contributed by atoms with van der Waals surface area (Å²) in [5, 5.41) is 21.8. The summed E-state index contributed by atoms with van der Waals surface area (Å²) in [5.41, 5.74) is 2.84. The molecular formula is C27H18F3N5O2. The first-order chi connectivity index (χ1) is 17.8. The number of anilines is 3. The van der Waals surface area contributed by atoms with Gasteiger partial charge in [0.1, 0.15) is 11.9 Å². The second-order valence-corrected chi connectivity index (χ2v) is 8.39. The number of fused-ring (bicyclic) bond motifs is 1. The van der Waals surface area contributed by atoms with Gasteiger partial charge in [0.15, 0.2) is 17.4 Å². The first-order valence-electron chi connectivity index (χ1n) is 11.2. The maximum atomic E-state index is 14.1. The molecule has 10 heteroatoms. The van der Waals surface area contributed by atoms with E-state index in [-0.39, 0.29) is 35.1 Å². The van der Waals surface area contributed by atoms with Crippen LogP contribution < -0.4 is 10.2 Å². The van der Waals surface area contributed by atoms with Gasteiger partial charge in [-0.15, -0.1) is 0 Å². The van der Waals surface area contributed by atoms with Crippen LogP contribution in [0.3, 0.4) is 0 Å². The van der Waals surface area contributed by atoms with Crippen LogP contribution >= 0.6 is 0 Å². The third-order valence-electron chi connectivity index (χ3n) is 6.01. The van der Waals surface area contributed by atoms with E-state index in [0.717, 1.165) is 17.7 Å². The van der Waals surface area contributed by atoms with Gasteiger partial charge in [-0.2, -0.15) is 5.26 Å². The van der Waals surface area contributed by atoms with Crippen LogP contribution in [0.4, 0.5) is 30.5 Å². The van der Waals surface area contributed by atoms with E-state index >= 15 is 0 Å². The topological polar surface area (TPSA) is 102 Å². The molecule has 1 aromatic heterocycles. The van der Waals surface area contributed by atoms with E-state index < -0.39 is 23.2 Å². The number of aromatic hydroxyl groups is 1. The number of benzene rings is 3. The Morgan fingerprint density at radius 3 is 2.57 bits per heavy atom. The number of hydrogen-bond acceptors (Lipinski definition) is 6. The predicted octanol–water partition coefficient (Wildman–Crippen LogP) is 5.01. The molecular weight excluding hydrogens is 483 g/mol. The molecule has 1 aliphatic rings. The lowest BCUT2D eigenvalue weighted by molar-refractivity contribution is -0.117. The van der Waals surface area contributed by atoms with E-state index in [1.165, 1.54) is 17.2 Å². The number of hydrogen-bond donors (Lipinski definition) is 2. The zero-order valence-electron chi connectivity index (χ0n) is 19.2. The third kappa shape index (κ3) is 4.67. The zero-order valence-corrected chi connectivity index (χ0v) is 19.2. The normalized spacial score (nSPS) is 12.2. The number of phenols is 1. The second-order valence-electron chi connectivity index (χ2n) is 8.39. The van der Waals surface area contributed by atoms with Gasteiger partial charge in [0.2, 0.25) is 11.9 Å². The number of nitriles is 1. The Morgan fingerprint density at radius 1 is 1.08 bits per heavy atom. The molecule has 37 heavy (non-hydrogen) atoms. The molecule has 5 rings (SSSR count). The van der Waals surface area contributed by atoms with Gasteiger partial charge in [0.25, 0.3) is 0 Å². The van der Waals surface area contributed by atoms with Crippen LogP contribution in [0.1, 0.15) is 16.7 Å². The molecule has 184 valence electrons. The lowest BCUT2D eigenvalue weighted by atomic mass is 10.0. The van der Waals surface area contributed by atoms with Crippen LogP contribution in [-0.2, 0) is 17.6 Å². The smallest absolute Gasteiger partial charge is 0.231 e. The fraction of sp³-hybridized carbons (Fsp3) is 0.111. The SMILES string of the molecule is N#Cc1cc(-c2ccnc(Nc3cc(F)c(O)c(F)c3)n2)cc2c1N(C(=O)Cc1ccccc1F)CC2.